The molecule has 0 radical (unpaired) electrons. The summed E-state index contributed by atoms with van der Waals surface area (Å²) in [5.41, 5.74) is 2.72. The predicted molar refractivity (Wildman–Crippen MR) is 114 cm³/mol. The quantitative estimate of drug-likeness (QED) is 0.762. The number of hydrogen-bond acceptors (Lipinski definition) is 4. The number of thioether (sulfide) groups is 1. The minimum absolute atomic E-state index is 0.0398. The molecule has 1 saturated heterocycles. The smallest absolute Gasteiger partial charge is 0.255 e. The van der Waals surface area contributed by atoms with Gasteiger partial charge >= 0.3 is 0 Å². The molecule has 0 saturated carbocycles. The molecule has 6 heteroatoms. The topological polar surface area (TPSA) is 62.3 Å². The van der Waals surface area contributed by atoms with Crippen LogP contribution >= 0.6 is 11.8 Å². The third-order valence-electron chi connectivity index (χ3n) is 4.76. The molecule has 3 rings (SSSR count). The van der Waals surface area contributed by atoms with Gasteiger partial charge in [-0.25, -0.2) is 4.98 Å². The fraction of sp³-hybridized carbons (Fsp3) is 0.409. The molecule has 0 atom stereocenters. The molecule has 0 bridgehead atoms. The number of carbonyl (C=O) groups excluding carboxylic acids is 2. The van der Waals surface area contributed by atoms with Crippen LogP contribution in [-0.2, 0) is 10.2 Å². The molecule has 0 unspecified atom stereocenters. The Balaban J connectivity index is 1.49. The van der Waals surface area contributed by atoms with Crippen molar-refractivity contribution in [2.45, 2.75) is 44.1 Å². The van der Waals surface area contributed by atoms with Gasteiger partial charge in [0.05, 0.1) is 16.3 Å². The first-order chi connectivity index (χ1) is 13.3. The van der Waals surface area contributed by atoms with Gasteiger partial charge in [-0.05, 0) is 48.1 Å². The average molecular weight is 398 g/mol. The Morgan fingerprint density at radius 2 is 1.75 bits per heavy atom. The molecule has 2 heterocycles. The molecular weight excluding hydrogens is 370 g/mol. The largest absolute Gasteiger partial charge is 0.339 e. The minimum Gasteiger partial charge on any atom is -0.339 e. The van der Waals surface area contributed by atoms with Gasteiger partial charge in [0.25, 0.3) is 5.91 Å². The molecule has 1 N–H and O–H groups in total. The second-order valence-corrected chi connectivity index (χ2v) is 9.04. The highest BCUT2D eigenvalue weighted by molar-refractivity contribution is 7.99. The Labute approximate surface area is 170 Å². The fourth-order valence-electron chi connectivity index (χ4n) is 3.09. The number of aromatic nitrogens is 1. The zero-order chi connectivity index (χ0) is 20.1. The molecule has 1 aliphatic heterocycles. The van der Waals surface area contributed by atoms with E-state index in [0.717, 1.165) is 36.6 Å². The first-order valence-electron chi connectivity index (χ1n) is 9.61. The highest BCUT2D eigenvalue weighted by Gasteiger charge is 2.19. The molecule has 2 aromatic rings. The van der Waals surface area contributed by atoms with Crippen molar-refractivity contribution in [3.05, 3.63) is 53.7 Å². The van der Waals surface area contributed by atoms with E-state index in [9.17, 15) is 9.59 Å². The Morgan fingerprint density at radius 1 is 1.07 bits per heavy atom. The Bertz CT molecular complexity index is 820. The number of anilines is 1. The van der Waals surface area contributed by atoms with Gasteiger partial charge in [-0.1, -0.05) is 44.7 Å². The van der Waals surface area contributed by atoms with Gasteiger partial charge in [0, 0.05) is 25.0 Å². The van der Waals surface area contributed by atoms with E-state index in [0.29, 0.717) is 5.56 Å². The number of carbonyl (C=O) groups is 2. The van der Waals surface area contributed by atoms with Crippen LogP contribution < -0.4 is 5.32 Å². The second-order valence-electron chi connectivity index (χ2n) is 8.05. The van der Waals surface area contributed by atoms with Crippen molar-refractivity contribution in [2.75, 3.05) is 24.2 Å². The zero-order valence-corrected chi connectivity index (χ0v) is 17.5. The molecule has 28 heavy (non-hydrogen) atoms. The third-order valence-corrected chi connectivity index (χ3v) is 5.71. The van der Waals surface area contributed by atoms with E-state index in [1.165, 1.54) is 17.3 Å². The Hall–Kier alpha value is -2.34. The number of benzene rings is 1. The predicted octanol–water partition coefficient (Wildman–Crippen LogP) is 4.35. The van der Waals surface area contributed by atoms with Crippen molar-refractivity contribution >= 4 is 29.3 Å². The summed E-state index contributed by atoms with van der Waals surface area (Å²) in [6.07, 6.45) is 3.74. The fourth-order valence-corrected chi connectivity index (χ4v) is 3.73. The number of nitrogens with zero attached hydrogens (tertiary/aromatic N) is 2. The number of pyridine rings is 1. The molecule has 1 aliphatic rings. The summed E-state index contributed by atoms with van der Waals surface area (Å²) in [5, 5.41) is 3.64. The molecule has 0 spiro atoms. The van der Waals surface area contributed by atoms with Crippen LogP contribution in [0, 0.1) is 0 Å². The molecule has 5 nitrogen and oxygen atoms in total. The van der Waals surface area contributed by atoms with E-state index in [1.54, 1.807) is 18.3 Å². The molecule has 1 fully saturated rings. The average Bonchev–Trinajstić information content (AvgIpc) is 3.21. The molecule has 148 valence electrons. The van der Waals surface area contributed by atoms with E-state index < -0.39 is 0 Å². The van der Waals surface area contributed by atoms with Gasteiger partial charge in [0.2, 0.25) is 5.91 Å². The molecule has 1 aromatic heterocycles. The first-order valence-corrected chi connectivity index (χ1v) is 10.6. The monoisotopic (exact) mass is 397 g/mol. The van der Waals surface area contributed by atoms with Crippen LogP contribution in [0.15, 0.2) is 47.6 Å². The highest BCUT2D eigenvalue weighted by Crippen LogP contribution is 2.24. The highest BCUT2D eigenvalue weighted by atomic mass is 32.2. The van der Waals surface area contributed by atoms with E-state index in [-0.39, 0.29) is 23.0 Å². The zero-order valence-electron chi connectivity index (χ0n) is 16.7. The van der Waals surface area contributed by atoms with Crippen molar-refractivity contribution in [3.8, 4) is 0 Å². The lowest BCUT2D eigenvalue weighted by Gasteiger charge is -2.19. The summed E-state index contributed by atoms with van der Waals surface area (Å²) in [5.74, 6) is 0.235. The van der Waals surface area contributed by atoms with Gasteiger partial charge in [-0.2, -0.15) is 0 Å². The number of hydrogen-bond donors (Lipinski definition) is 1. The number of nitrogens with one attached hydrogen (secondary N) is 1. The Morgan fingerprint density at radius 3 is 2.32 bits per heavy atom. The van der Waals surface area contributed by atoms with Crippen molar-refractivity contribution in [1.29, 1.82) is 0 Å². The molecule has 0 aliphatic carbocycles. The van der Waals surface area contributed by atoms with Gasteiger partial charge in [-0.3, -0.25) is 9.59 Å². The van der Waals surface area contributed by atoms with Crippen LogP contribution in [0.3, 0.4) is 0 Å². The van der Waals surface area contributed by atoms with Crippen molar-refractivity contribution in [3.63, 3.8) is 0 Å². The maximum Gasteiger partial charge on any atom is 0.255 e. The molecule has 1 aromatic carbocycles. The van der Waals surface area contributed by atoms with E-state index >= 15 is 0 Å². The summed E-state index contributed by atoms with van der Waals surface area (Å²) < 4.78 is 0. The van der Waals surface area contributed by atoms with Crippen LogP contribution in [0.4, 0.5) is 5.69 Å². The standard InChI is InChI=1S/C22H27N3O2S/c1-22(2,3)17-7-9-18(10-8-17)24-19(26)15-28-20-11-6-16(14-23-20)21(27)25-12-4-5-13-25/h6-11,14H,4-5,12-13,15H2,1-3H3,(H,24,26). The maximum absolute atomic E-state index is 12.3. The van der Waals surface area contributed by atoms with Gasteiger partial charge in [0.1, 0.15) is 0 Å². The van der Waals surface area contributed by atoms with Crippen LogP contribution in [0.1, 0.15) is 49.5 Å². The summed E-state index contributed by atoms with van der Waals surface area (Å²) >= 11 is 1.36. The van der Waals surface area contributed by atoms with Crippen LogP contribution in [-0.4, -0.2) is 40.5 Å². The minimum atomic E-state index is -0.0764. The normalized spacial score (nSPS) is 14.2. The van der Waals surface area contributed by atoms with Gasteiger partial charge in [-0.15, -0.1) is 0 Å². The van der Waals surface area contributed by atoms with Gasteiger partial charge < -0.3 is 10.2 Å². The number of rotatable bonds is 5. The van der Waals surface area contributed by atoms with Crippen LogP contribution in [0.5, 0.6) is 0 Å². The Kier molecular flexibility index (Phi) is 6.39. The summed E-state index contributed by atoms with van der Waals surface area (Å²) in [4.78, 5) is 30.7. The lowest BCUT2D eigenvalue weighted by Crippen LogP contribution is -2.27. The number of likely N-dealkylation sites (tertiary alicyclic amines) is 1. The van der Waals surface area contributed by atoms with Gasteiger partial charge in [0.15, 0.2) is 0 Å². The SMILES string of the molecule is CC(C)(C)c1ccc(NC(=O)CSc2ccc(C(=O)N3CCCC3)cn2)cc1. The number of amides is 2. The van der Waals surface area contributed by atoms with Crippen molar-refractivity contribution in [2.24, 2.45) is 0 Å². The second kappa shape index (κ2) is 8.78. The van der Waals surface area contributed by atoms with E-state index in [1.807, 2.05) is 29.2 Å². The van der Waals surface area contributed by atoms with Crippen LogP contribution in [0.25, 0.3) is 0 Å². The lowest BCUT2D eigenvalue weighted by atomic mass is 9.87. The van der Waals surface area contributed by atoms with Crippen LogP contribution in [0.2, 0.25) is 0 Å². The third kappa shape index (κ3) is 5.35. The molecule has 2 amide bonds. The van der Waals surface area contributed by atoms with Crippen molar-refractivity contribution < 1.29 is 9.59 Å². The lowest BCUT2D eigenvalue weighted by molar-refractivity contribution is -0.113. The molecular formula is C22H27N3O2S. The summed E-state index contributed by atoms with van der Waals surface area (Å²) in [7, 11) is 0. The van der Waals surface area contributed by atoms with E-state index in [2.05, 4.69) is 31.1 Å². The van der Waals surface area contributed by atoms with E-state index in [4.69, 9.17) is 0 Å². The van der Waals surface area contributed by atoms with Crippen molar-refractivity contribution in [1.82, 2.24) is 9.88 Å². The maximum atomic E-state index is 12.3. The summed E-state index contributed by atoms with van der Waals surface area (Å²) in [6, 6.07) is 11.5. The summed E-state index contributed by atoms with van der Waals surface area (Å²) in [6.45, 7) is 8.13. The first kappa shape index (κ1) is 20.4.